The van der Waals surface area contributed by atoms with Crippen molar-refractivity contribution in [2.24, 2.45) is 5.73 Å². The summed E-state index contributed by atoms with van der Waals surface area (Å²) < 4.78 is 6.16. The molecule has 0 aliphatic carbocycles. The molecule has 0 spiro atoms. The van der Waals surface area contributed by atoms with Gasteiger partial charge in [0, 0.05) is 6.04 Å². The molecule has 0 aliphatic rings. The van der Waals surface area contributed by atoms with Gasteiger partial charge in [-0.2, -0.15) is 0 Å². The Balaban J connectivity index is 2.84. The highest BCUT2D eigenvalue weighted by Gasteiger charge is 2.21. The first kappa shape index (κ1) is 15.2. The Morgan fingerprint density at radius 3 is 2.56 bits per heavy atom. The minimum absolute atomic E-state index is 0.0106. The number of aryl methyl sites for hydroxylation is 1. The summed E-state index contributed by atoms with van der Waals surface area (Å²) in [5, 5.41) is 0. The fourth-order valence-electron chi connectivity index (χ4n) is 2.21. The average molecular weight is 249 g/mol. The van der Waals surface area contributed by atoms with Gasteiger partial charge in [0.05, 0.1) is 12.2 Å². The fourth-order valence-corrected chi connectivity index (χ4v) is 2.21. The summed E-state index contributed by atoms with van der Waals surface area (Å²) in [5.41, 5.74) is 8.68. The van der Waals surface area contributed by atoms with Crippen molar-refractivity contribution in [3.05, 3.63) is 35.4 Å². The lowest BCUT2D eigenvalue weighted by atomic mass is 9.99. The van der Waals surface area contributed by atoms with Crippen LogP contribution in [0.4, 0.5) is 0 Å². The second-order valence-electron chi connectivity index (χ2n) is 5.14. The summed E-state index contributed by atoms with van der Waals surface area (Å²) >= 11 is 0. The van der Waals surface area contributed by atoms with Crippen LogP contribution < -0.4 is 5.73 Å². The number of nitrogens with two attached hydrogens (primary N) is 1. The van der Waals surface area contributed by atoms with Crippen molar-refractivity contribution in [2.75, 3.05) is 0 Å². The van der Waals surface area contributed by atoms with Crippen LogP contribution in [0.3, 0.4) is 0 Å². The van der Waals surface area contributed by atoms with Gasteiger partial charge in [0.15, 0.2) is 0 Å². The Hall–Kier alpha value is -0.860. The van der Waals surface area contributed by atoms with Crippen molar-refractivity contribution in [1.29, 1.82) is 0 Å². The van der Waals surface area contributed by atoms with Crippen molar-refractivity contribution < 1.29 is 4.74 Å². The molecule has 0 fully saturated rings. The Bertz CT molecular complexity index is 351. The standard InChI is InChI=1S/C16H27NO/c1-5-8-13(4)18-16(15(17)6-2)14-10-7-9-12(3)11-14/h7,9-11,13,15-16H,5-6,8,17H2,1-4H3. The Morgan fingerprint density at radius 2 is 2.00 bits per heavy atom. The quantitative estimate of drug-likeness (QED) is 0.793. The molecule has 2 N–H and O–H groups in total. The number of hydrogen-bond acceptors (Lipinski definition) is 2. The molecule has 3 atom stereocenters. The molecule has 18 heavy (non-hydrogen) atoms. The Kier molecular flexibility index (Phi) is 6.37. The Morgan fingerprint density at radius 1 is 1.28 bits per heavy atom. The summed E-state index contributed by atoms with van der Waals surface area (Å²) in [6.07, 6.45) is 3.42. The molecule has 0 radical (unpaired) electrons. The van der Waals surface area contributed by atoms with Gasteiger partial charge in [-0.1, -0.05) is 50.1 Å². The third-order valence-corrected chi connectivity index (χ3v) is 3.31. The molecule has 0 aromatic heterocycles. The molecule has 0 aliphatic heterocycles. The largest absolute Gasteiger partial charge is 0.369 e. The zero-order valence-corrected chi connectivity index (χ0v) is 12.1. The lowest BCUT2D eigenvalue weighted by Gasteiger charge is -2.27. The first-order valence-electron chi connectivity index (χ1n) is 7.06. The third kappa shape index (κ3) is 4.43. The average Bonchev–Trinajstić information content (AvgIpc) is 2.35. The zero-order chi connectivity index (χ0) is 13.5. The summed E-state index contributed by atoms with van der Waals surface area (Å²) in [7, 11) is 0. The van der Waals surface area contributed by atoms with Gasteiger partial charge in [-0.3, -0.25) is 0 Å². The van der Waals surface area contributed by atoms with Gasteiger partial charge in [-0.25, -0.2) is 0 Å². The van der Waals surface area contributed by atoms with Crippen molar-refractivity contribution in [3.8, 4) is 0 Å². The minimum atomic E-state index is 0.0106. The van der Waals surface area contributed by atoms with E-state index in [2.05, 4.69) is 52.0 Å². The Labute approximate surface area is 112 Å². The maximum Gasteiger partial charge on any atom is 0.0979 e. The van der Waals surface area contributed by atoms with E-state index < -0.39 is 0 Å². The van der Waals surface area contributed by atoms with Gasteiger partial charge in [0.2, 0.25) is 0 Å². The third-order valence-electron chi connectivity index (χ3n) is 3.31. The molecule has 0 saturated carbocycles. The second kappa shape index (κ2) is 7.55. The normalized spacial score (nSPS) is 16.3. The van der Waals surface area contributed by atoms with Gasteiger partial charge >= 0.3 is 0 Å². The lowest BCUT2D eigenvalue weighted by molar-refractivity contribution is -0.0222. The highest BCUT2D eigenvalue weighted by Crippen LogP contribution is 2.25. The first-order chi connectivity index (χ1) is 8.58. The summed E-state index contributed by atoms with van der Waals surface area (Å²) in [4.78, 5) is 0. The molecule has 2 nitrogen and oxygen atoms in total. The van der Waals surface area contributed by atoms with Crippen LogP contribution in [0, 0.1) is 6.92 Å². The van der Waals surface area contributed by atoms with Crippen LogP contribution >= 0.6 is 0 Å². The molecule has 3 unspecified atom stereocenters. The van der Waals surface area contributed by atoms with Gasteiger partial charge in [0.25, 0.3) is 0 Å². The molecule has 1 aromatic rings. The maximum absolute atomic E-state index is 6.22. The predicted octanol–water partition coefficient (Wildman–Crippen LogP) is 3.98. The van der Waals surface area contributed by atoms with E-state index in [1.807, 2.05) is 0 Å². The van der Waals surface area contributed by atoms with E-state index >= 15 is 0 Å². The van der Waals surface area contributed by atoms with Crippen molar-refractivity contribution in [3.63, 3.8) is 0 Å². The summed E-state index contributed by atoms with van der Waals surface area (Å²) in [5.74, 6) is 0. The summed E-state index contributed by atoms with van der Waals surface area (Å²) in [6.45, 7) is 8.53. The molecular formula is C16H27NO. The van der Waals surface area contributed by atoms with Crippen molar-refractivity contribution >= 4 is 0 Å². The minimum Gasteiger partial charge on any atom is -0.369 e. The van der Waals surface area contributed by atoms with E-state index in [4.69, 9.17) is 10.5 Å². The highest BCUT2D eigenvalue weighted by molar-refractivity contribution is 5.25. The monoisotopic (exact) mass is 249 g/mol. The smallest absolute Gasteiger partial charge is 0.0979 e. The fraction of sp³-hybridized carbons (Fsp3) is 0.625. The topological polar surface area (TPSA) is 35.2 Å². The lowest BCUT2D eigenvalue weighted by Crippen LogP contribution is -2.31. The van der Waals surface area contributed by atoms with E-state index in [9.17, 15) is 0 Å². The van der Waals surface area contributed by atoms with Crippen molar-refractivity contribution in [1.82, 2.24) is 0 Å². The number of rotatable bonds is 7. The summed E-state index contributed by atoms with van der Waals surface area (Å²) in [6, 6.07) is 8.54. The van der Waals surface area contributed by atoms with Crippen LogP contribution in [-0.4, -0.2) is 12.1 Å². The molecule has 0 bridgehead atoms. The molecule has 1 rings (SSSR count). The number of ether oxygens (including phenoxy) is 1. The van der Waals surface area contributed by atoms with Crippen LogP contribution in [-0.2, 0) is 4.74 Å². The van der Waals surface area contributed by atoms with Gasteiger partial charge in [-0.15, -0.1) is 0 Å². The van der Waals surface area contributed by atoms with Crippen LogP contribution in [0.15, 0.2) is 24.3 Å². The number of benzene rings is 1. The molecule has 1 aromatic carbocycles. The van der Waals surface area contributed by atoms with Crippen LogP contribution in [0.5, 0.6) is 0 Å². The highest BCUT2D eigenvalue weighted by atomic mass is 16.5. The molecule has 2 heteroatoms. The van der Waals surface area contributed by atoms with E-state index in [0.29, 0.717) is 0 Å². The van der Waals surface area contributed by atoms with Gasteiger partial charge in [-0.05, 0) is 32.3 Å². The predicted molar refractivity (Wildman–Crippen MR) is 77.6 cm³/mol. The van der Waals surface area contributed by atoms with Gasteiger partial charge < -0.3 is 10.5 Å². The molecular weight excluding hydrogens is 222 g/mol. The zero-order valence-electron chi connectivity index (χ0n) is 12.1. The van der Waals surface area contributed by atoms with Crippen LogP contribution in [0.2, 0.25) is 0 Å². The van der Waals surface area contributed by atoms with E-state index in [0.717, 1.165) is 19.3 Å². The van der Waals surface area contributed by atoms with E-state index in [1.165, 1.54) is 11.1 Å². The second-order valence-corrected chi connectivity index (χ2v) is 5.14. The van der Waals surface area contributed by atoms with Crippen molar-refractivity contribution in [2.45, 2.75) is 65.2 Å². The van der Waals surface area contributed by atoms with Gasteiger partial charge in [0.1, 0.15) is 0 Å². The molecule has 0 saturated heterocycles. The van der Waals surface area contributed by atoms with Crippen LogP contribution in [0.25, 0.3) is 0 Å². The molecule has 102 valence electrons. The SMILES string of the molecule is CCCC(C)OC(c1cccc(C)c1)C(N)CC. The molecule has 0 heterocycles. The number of hydrogen-bond donors (Lipinski definition) is 1. The molecule has 0 amide bonds. The maximum atomic E-state index is 6.22. The van der Waals surface area contributed by atoms with E-state index in [1.54, 1.807) is 0 Å². The first-order valence-corrected chi connectivity index (χ1v) is 7.06. The van der Waals surface area contributed by atoms with Crippen LogP contribution in [0.1, 0.15) is 57.3 Å². The van der Waals surface area contributed by atoms with E-state index in [-0.39, 0.29) is 18.2 Å².